The number of methoxy groups -OCH3 is 1. The topological polar surface area (TPSA) is 76.4 Å². The number of aliphatic imine (C=N–C) groups is 1. The van der Waals surface area contributed by atoms with Crippen LogP contribution in [0.15, 0.2) is 29.3 Å². The van der Waals surface area contributed by atoms with Crippen molar-refractivity contribution >= 4 is 29.9 Å². The summed E-state index contributed by atoms with van der Waals surface area (Å²) < 4.78 is 7.52. The van der Waals surface area contributed by atoms with Crippen molar-refractivity contribution < 1.29 is 4.74 Å². The van der Waals surface area contributed by atoms with Gasteiger partial charge in [-0.05, 0) is 43.4 Å². The van der Waals surface area contributed by atoms with Crippen LogP contribution in [0.3, 0.4) is 0 Å². The fraction of sp³-hybridized carbons (Fsp3) is 0.571. The van der Waals surface area contributed by atoms with Gasteiger partial charge in [-0.15, -0.1) is 34.2 Å². The van der Waals surface area contributed by atoms with Gasteiger partial charge >= 0.3 is 0 Å². The number of nitrogens with one attached hydrogen (secondary N) is 2. The summed E-state index contributed by atoms with van der Waals surface area (Å²) in [4.78, 5) is 4.31. The molecule has 0 saturated heterocycles. The van der Waals surface area contributed by atoms with Crippen molar-refractivity contribution in [1.29, 1.82) is 0 Å². The van der Waals surface area contributed by atoms with Crippen LogP contribution in [-0.2, 0) is 25.8 Å². The Balaban J connectivity index is 0.00000300. The van der Waals surface area contributed by atoms with Crippen LogP contribution in [0.4, 0.5) is 0 Å². The number of ether oxygens (including phenoxy) is 1. The molecular weight excluding hydrogens is 479 g/mol. The fourth-order valence-corrected chi connectivity index (χ4v) is 3.52. The maximum atomic E-state index is 5.19. The predicted molar refractivity (Wildman–Crippen MR) is 127 cm³/mol. The molecule has 1 aliphatic rings. The lowest BCUT2D eigenvalue weighted by Gasteiger charge is -2.12. The number of aryl methyl sites for hydroxylation is 2. The zero-order chi connectivity index (χ0) is 19.6. The number of halogens is 1. The molecule has 0 saturated carbocycles. The first-order chi connectivity index (χ1) is 13.8. The summed E-state index contributed by atoms with van der Waals surface area (Å²) in [5, 5.41) is 15.5. The Bertz CT molecular complexity index is 759. The Morgan fingerprint density at radius 3 is 2.62 bits per heavy atom. The first-order valence-electron chi connectivity index (χ1n) is 10.3. The lowest BCUT2D eigenvalue weighted by Crippen LogP contribution is -2.38. The molecule has 0 fully saturated rings. The maximum absolute atomic E-state index is 5.19. The van der Waals surface area contributed by atoms with Gasteiger partial charge in [-0.25, -0.2) is 0 Å². The van der Waals surface area contributed by atoms with Crippen molar-refractivity contribution in [3.63, 3.8) is 0 Å². The van der Waals surface area contributed by atoms with Crippen molar-refractivity contribution in [3.05, 3.63) is 41.5 Å². The molecular formula is C21H33IN6O. The lowest BCUT2D eigenvalue weighted by atomic mass is 10.1. The molecule has 0 bridgehead atoms. The highest BCUT2D eigenvalue weighted by Gasteiger charge is 2.14. The van der Waals surface area contributed by atoms with E-state index in [9.17, 15) is 0 Å². The number of benzene rings is 1. The van der Waals surface area contributed by atoms with Crippen molar-refractivity contribution in [2.24, 2.45) is 4.99 Å². The number of hydrogen-bond donors (Lipinski definition) is 2. The molecule has 7 nitrogen and oxygen atoms in total. The van der Waals surface area contributed by atoms with Gasteiger partial charge in [0, 0.05) is 39.5 Å². The second-order valence-corrected chi connectivity index (χ2v) is 7.12. The SMILES string of the molecule is CN=C(NCCCc1nnc2n1CCCCC2)NCCc1ccc(OC)cc1.I. The second kappa shape index (κ2) is 12.7. The minimum atomic E-state index is 0. The van der Waals surface area contributed by atoms with Crippen LogP contribution >= 0.6 is 24.0 Å². The van der Waals surface area contributed by atoms with Crippen LogP contribution in [0, 0.1) is 0 Å². The molecule has 1 aromatic carbocycles. The molecule has 29 heavy (non-hydrogen) atoms. The molecule has 0 atom stereocenters. The number of rotatable bonds is 8. The zero-order valence-electron chi connectivity index (χ0n) is 17.5. The molecule has 0 radical (unpaired) electrons. The largest absolute Gasteiger partial charge is 0.497 e. The Kier molecular flexibility index (Phi) is 10.2. The molecule has 0 amide bonds. The molecule has 2 heterocycles. The quantitative estimate of drug-likeness (QED) is 0.246. The van der Waals surface area contributed by atoms with E-state index in [1.807, 2.05) is 12.1 Å². The van der Waals surface area contributed by atoms with E-state index < -0.39 is 0 Å². The van der Waals surface area contributed by atoms with Crippen LogP contribution in [0.1, 0.15) is 42.9 Å². The summed E-state index contributed by atoms with van der Waals surface area (Å²) in [6.07, 6.45) is 7.73. The normalized spacial score (nSPS) is 13.8. The summed E-state index contributed by atoms with van der Waals surface area (Å²) in [6.45, 7) is 2.77. The zero-order valence-corrected chi connectivity index (χ0v) is 19.8. The average molecular weight is 512 g/mol. The fourth-order valence-electron chi connectivity index (χ4n) is 3.52. The van der Waals surface area contributed by atoms with E-state index in [2.05, 4.69) is 42.5 Å². The smallest absolute Gasteiger partial charge is 0.190 e. The van der Waals surface area contributed by atoms with Crippen LogP contribution in [-0.4, -0.2) is 48.0 Å². The summed E-state index contributed by atoms with van der Waals surface area (Å²) in [5.74, 6) is 4.02. The van der Waals surface area contributed by atoms with E-state index in [0.717, 1.165) is 68.7 Å². The third kappa shape index (κ3) is 7.17. The third-order valence-corrected chi connectivity index (χ3v) is 5.14. The van der Waals surface area contributed by atoms with Crippen LogP contribution in [0.2, 0.25) is 0 Å². The minimum absolute atomic E-state index is 0. The van der Waals surface area contributed by atoms with E-state index in [-0.39, 0.29) is 24.0 Å². The highest BCUT2D eigenvalue weighted by Crippen LogP contribution is 2.15. The molecule has 2 N–H and O–H groups in total. The Morgan fingerprint density at radius 2 is 1.86 bits per heavy atom. The van der Waals surface area contributed by atoms with Crippen molar-refractivity contribution in [3.8, 4) is 5.75 Å². The molecule has 0 spiro atoms. The maximum Gasteiger partial charge on any atom is 0.190 e. The number of nitrogens with zero attached hydrogens (tertiary/aromatic N) is 4. The minimum Gasteiger partial charge on any atom is -0.497 e. The van der Waals surface area contributed by atoms with Crippen molar-refractivity contribution in [1.82, 2.24) is 25.4 Å². The summed E-state index contributed by atoms with van der Waals surface area (Å²) in [7, 11) is 3.49. The standard InChI is InChI=1S/C21H32N6O.HI/c1-22-21(24-15-13-17-9-11-18(28-2)12-10-17)23-14-6-8-20-26-25-19-7-4-3-5-16-27(19)20;/h9-12H,3-8,13-16H2,1-2H3,(H2,22,23,24);1H. The highest BCUT2D eigenvalue weighted by atomic mass is 127. The van der Waals surface area contributed by atoms with Gasteiger partial charge in [-0.3, -0.25) is 4.99 Å². The Morgan fingerprint density at radius 1 is 1.07 bits per heavy atom. The van der Waals surface area contributed by atoms with Gasteiger partial charge in [0.25, 0.3) is 0 Å². The summed E-state index contributed by atoms with van der Waals surface area (Å²) in [6, 6.07) is 8.18. The predicted octanol–water partition coefficient (Wildman–Crippen LogP) is 2.97. The van der Waals surface area contributed by atoms with Crippen LogP contribution in [0.25, 0.3) is 0 Å². The average Bonchev–Trinajstić information content (AvgIpc) is 2.96. The van der Waals surface area contributed by atoms with Crippen molar-refractivity contribution in [2.75, 3.05) is 27.2 Å². The Hall–Kier alpha value is -1.84. The molecule has 0 unspecified atom stereocenters. The van der Waals surface area contributed by atoms with Crippen LogP contribution < -0.4 is 15.4 Å². The molecule has 2 aromatic rings. The Labute approximate surface area is 190 Å². The van der Waals surface area contributed by atoms with Gasteiger partial charge in [-0.1, -0.05) is 18.6 Å². The number of fused-ring (bicyclic) bond motifs is 1. The number of aromatic nitrogens is 3. The van der Waals surface area contributed by atoms with E-state index in [0.29, 0.717) is 0 Å². The molecule has 0 aliphatic carbocycles. The highest BCUT2D eigenvalue weighted by molar-refractivity contribution is 14.0. The van der Waals surface area contributed by atoms with E-state index >= 15 is 0 Å². The number of guanidine groups is 1. The number of hydrogen-bond acceptors (Lipinski definition) is 4. The van der Waals surface area contributed by atoms with Gasteiger partial charge in [0.2, 0.25) is 0 Å². The first-order valence-corrected chi connectivity index (χ1v) is 10.3. The van der Waals surface area contributed by atoms with E-state index in [4.69, 9.17) is 4.74 Å². The second-order valence-electron chi connectivity index (χ2n) is 7.12. The summed E-state index contributed by atoms with van der Waals surface area (Å²) >= 11 is 0. The monoisotopic (exact) mass is 512 g/mol. The summed E-state index contributed by atoms with van der Waals surface area (Å²) in [5.41, 5.74) is 1.27. The molecule has 160 valence electrons. The van der Waals surface area contributed by atoms with Gasteiger partial charge in [0.05, 0.1) is 7.11 Å². The molecule has 3 rings (SSSR count). The molecule has 1 aromatic heterocycles. The van der Waals surface area contributed by atoms with Gasteiger partial charge in [-0.2, -0.15) is 0 Å². The van der Waals surface area contributed by atoms with Crippen LogP contribution in [0.5, 0.6) is 5.75 Å². The lowest BCUT2D eigenvalue weighted by molar-refractivity contribution is 0.414. The van der Waals surface area contributed by atoms with E-state index in [1.165, 1.54) is 24.8 Å². The third-order valence-electron chi connectivity index (χ3n) is 5.14. The van der Waals surface area contributed by atoms with E-state index in [1.54, 1.807) is 14.2 Å². The molecule has 1 aliphatic heterocycles. The van der Waals surface area contributed by atoms with Gasteiger partial charge < -0.3 is 19.9 Å². The van der Waals surface area contributed by atoms with Gasteiger partial charge in [0.15, 0.2) is 5.96 Å². The first kappa shape index (κ1) is 23.4. The van der Waals surface area contributed by atoms with Crippen molar-refractivity contribution in [2.45, 2.75) is 51.5 Å². The van der Waals surface area contributed by atoms with Gasteiger partial charge in [0.1, 0.15) is 17.4 Å². The molecule has 8 heteroatoms.